The molecule has 0 bridgehead atoms. The van der Waals surface area contributed by atoms with E-state index in [1.165, 1.54) is 6.07 Å². The van der Waals surface area contributed by atoms with Crippen LogP contribution in [0.1, 0.15) is 27.7 Å². The summed E-state index contributed by atoms with van der Waals surface area (Å²) in [6, 6.07) is 4.46. The number of rotatable bonds is 3. The van der Waals surface area contributed by atoms with Gasteiger partial charge in [0.05, 0.1) is 10.6 Å². The van der Waals surface area contributed by atoms with E-state index in [1.54, 1.807) is 19.1 Å². The molecule has 2 nitrogen and oxygen atoms in total. The first-order valence-electron chi connectivity index (χ1n) is 5.51. The van der Waals surface area contributed by atoms with Crippen LogP contribution in [0.25, 0.3) is 0 Å². The molecule has 17 heavy (non-hydrogen) atoms. The number of hydrogen-bond acceptors (Lipinski definition) is 2. The van der Waals surface area contributed by atoms with Gasteiger partial charge in [-0.3, -0.25) is 0 Å². The van der Waals surface area contributed by atoms with Crippen molar-refractivity contribution >= 4 is 15.9 Å². The highest BCUT2D eigenvalue weighted by Crippen LogP contribution is 2.29. The fraction of sp³-hybridized carbons (Fsp3) is 0.538. The summed E-state index contributed by atoms with van der Waals surface area (Å²) in [7, 11) is 0. The summed E-state index contributed by atoms with van der Waals surface area (Å²) in [4.78, 5) is 0. The Bertz CT molecular complexity index is 385. The van der Waals surface area contributed by atoms with Gasteiger partial charge in [-0.15, -0.1) is 0 Å². The maximum Gasteiger partial charge on any atom is 0.137 e. The standard InChI is InChI=1S/C13H18BrFO2/c1-8(16)12(13(2,3)4)17-9-5-6-11(15)10(14)7-9/h5-8,12,16H,1-4H3. The predicted molar refractivity (Wildman–Crippen MR) is 69.7 cm³/mol. The van der Waals surface area contributed by atoms with Crippen LogP contribution in [0.2, 0.25) is 0 Å². The average molecular weight is 305 g/mol. The Kier molecular flexibility index (Phi) is 4.55. The third kappa shape index (κ3) is 3.96. The average Bonchev–Trinajstić information content (AvgIpc) is 2.17. The zero-order chi connectivity index (χ0) is 13.2. The van der Waals surface area contributed by atoms with Crippen LogP contribution in [0.3, 0.4) is 0 Å². The number of aliphatic hydroxyl groups excluding tert-OH is 1. The largest absolute Gasteiger partial charge is 0.487 e. The van der Waals surface area contributed by atoms with E-state index in [1.807, 2.05) is 20.8 Å². The first-order valence-corrected chi connectivity index (χ1v) is 6.31. The molecule has 0 fully saturated rings. The van der Waals surface area contributed by atoms with Gasteiger partial charge in [0.2, 0.25) is 0 Å². The summed E-state index contributed by atoms with van der Waals surface area (Å²) in [5.41, 5.74) is -0.199. The van der Waals surface area contributed by atoms with Crippen molar-refractivity contribution in [2.24, 2.45) is 5.41 Å². The van der Waals surface area contributed by atoms with Crippen molar-refractivity contribution in [1.82, 2.24) is 0 Å². The number of hydrogen-bond donors (Lipinski definition) is 1. The molecular weight excluding hydrogens is 287 g/mol. The summed E-state index contributed by atoms with van der Waals surface area (Å²) in [5, 5.41) is 9.72. The van der Waals surface area contributed by atoms with E-state index in [9.17, 15) is 9.50 Å². The zero-order valence-electron chi connectivity index (χ0n) is 10.5. The number of benzene rings is 1. The topological polar surface area (TPSA) is 29.5 Å². The van der Waals surface area contributed by atoms with Crippen LogP contribution in [0.15, 0.2) is 22.7 Å². The van der Waals surface area contributed by atoms with Crippen LogP contribution in [-0.2, 0) is 0 Å². The van der Waals surface area contributed by atoms with Crippen LogP contribution in [-0.4, -0.2) is 17.3 Å². The molecule has 0 heterocycles. The normalized spacial score (nSPS) is 15.5. The Hall–Kier alpha value is -0.610. The van der Waals surface area contributed by atoms with E-state index in [0.29, 0.717) is 10.2 Å². The number of halogens is 2. The SMILES string of the molecule is CC(O)C(Oc1ccc(F)c(Br)c1)C(C)(C)C. The second-order valence-electron chi connectivity index (χ2n) is 5.22. The first kappa shape index (κ1) is 14.5. The molecule has 0 aliphatic rings. The Morgan fingerprint density at radius 2 is 1.94 bits per heavy atom. The molecule has 96 valence electrons. The van der Waals surface area contributed by atoms with Gasteiger partial charge in [-0.2, -0.15) is 0 Å². The lowest BCUT2D eigenvalue weighted by Crippen LogP contribution is -2.41. The van der Waals surface area contributed by atoms with Crippen molar-refractivity contribution in [3.05, 3.63) is 28.5 Å². The Labute approximate surface area is 110 Å². The molecule has 1 aromatic rings. The van der Waals surface area contributed by atoms with Gasteiger partial charge in [0.25, 0.3) is 0 Å². The molecule has 2 atom stereocenters. The molecule has 0 saturated heterocycles. The van der Waals surface area contributed by atoms with Crippen LogP contribution < -0.4 is 4.74 Å². The maximum atomic E-state index is 13.1. The molecule has 0 aliphatic heterocycles. The zero-order valence-corrected chi connectivity index (χ0v) is 12.1. The van der Waals surface area contributed by atoms with E-state index in [0.717, 1.165) is 0 Å². The minimum Gasteiger partial charge on any atom is -0.487 e. The number of ether oxygens (including phenoxy) is 1. The summed E-state index contributed by atoms with van der Waals surface area (Å²) in [6.07, 6.45) is -0.946. The molecule has 1 aromatic carbocycles. The third-order valence-corrected chi connectivity index (χ3v) is 3.05. The van der Waals surface area contributed by atoms with E-state index in [-0.39, 0.29) is 17.3 Å². The smallest absolute Gasteiger partial charge is 0.137 e. The van der Waals surface area contributed by atoms with E-state index >= 15 is 0 Å². The minimum absolute atomic E-state index is 0.199. The molecule has 0 aromatic heterocycles. The Morgan fingerprint density at radius 3 is 2.35 bits per heavy atom. The summed E-state index contributed by atoms with van der Waals surface area (Å²) in [6.45, 7) is 7.66. The maximum absolute atomic E-state index is 13.1. The van der Waals surface area contributed by atoms with Crippen LogP contribution in [0, 0.1) is 11.2 Å². The van der Waals surface area contributed by atoms with Gasteiger partial charge < -0.3 is 9.84 Å². The summed E-state index contributed by atoms with van der Waals surface area (Å²) < 4.78 is 19.2. The second-order valence-corrected chi connectivity index (χ2v) is 6.08. The summed E-state index contributed by atoms with van der Waals surface area (Å²) in [5.74, 6) is 0.209. The quantitative estimate of drug-likeness (QED) is 0.921. The van der Waals surface area contributed by atoms with Crippen molar-refractivity contribution in [2.45, 2.75) is 39.9 Å². The van der Waals surface area contributed by atoms with E-state index in [4.69, 9.17) is 4.74 Å². The number of aliphatic hydroxyl groups is 1. The highest BCUT2D eigenvalue weighted by Gasteiger charge is 2.30. The lowest BCUT2D eigenvalue weighted by Gasteiger charge is -2.33. The molecule has 0 saturated carbocycles. The third-order valence-electron chi connectivity index (χ3n) is 2.45. The molecule has 4 heteroatoms. The Morgan fingerprint density at radius 1 is 1.35 bits per heavy atom. The molecular formula is C13H18BrFO2. The predicted octanol–water partition coefficient (Wildman–Crippen LogP) is 3.76. The van der Waals surface area contributed by atoms with E-state index in [2.05, 4.69) is 15.9 Å². The van der Waals surface area contributed by atoms with Crippen molar-refractivity contribution < 1.29 is 14.2 Å². The monoisotopic (exact) mass is 304 g/mol. The van der Waals surface area contributed by atoms with Crippen LogP contribution >= 0.6 is 15.9 Å². The first-order chi connectivity index (χ1) is 7.71. The van der Waals surface area contributed by atoms with Crippen molar-refractivity contribution in [3.8, 4) is 5.75 Å². The van der Waals surface area contributed by atoms with Crippen LogP contribution in [0.5, 0.6) is 5.75 Å². The molecule has 0 aliphatic carbocycles. The Balaban J connectivity index is 2.91. The fourth-order valence-electron chi connectivity index (χ4n) is 1.70. The molecule has 2 unspecified atom stereocenters. The second kappa shape index (κ2) is 5.36. The van der Waals surface area contributed by atoms with Gasteiger partial charge in [0, 0.05) is 5.41 Å². The highest BCUT2D eigenvalue weighted by molar-refractivity contribution is 9.10. The molecule has 0 radical (unpaired) electrons. The molecule has 1 rings (SSSR count). The molecule has 0 spiro atoms. The lowest BCUT2D eigenvalue weighted by atomic mass is 9.86. The van der Waals surface area contributed by atoms with Crippen molar-refractivity contribution in [3.63, 3.8) is 0 Å². The summed E-state index contributed by atoms with van der Waals surface area (Å²) >= 11 is 3.11. The van der Waals surface area contributed by atoms with Gasteiger partial charge in [-0.1, -0.05) is 20.8 Å². The van der Waals surface area contributed by atoms with E-state index < -0.39 is 6.10 Å². The van der Waals surface area contributed by atoms with Gasteiger partial charge in [0.1, 0.15) is 17.7 Å². The molecule has 0 amide bonds. The lowest BCUT2D eigenvalue weighted by molar-refractivity contribution is -0.0174. The van der Waals surface area contributed by atoms with Crippen LogP contribution in [0.4, 0.5) is 4.39 Å². The van der Waals surface area contributed by atoms with Gasteiger partial charge in [0.15, 0.2) is 0 Å². The van der Waals surface area contributed by atoms with Crippen molar-refractivity contribution in [2.75, 3.05) is 0 Å². The van der Waals surface area contributed by atoms with Gasteiger partial charge in [-0.25, -0.2) is 4.39 Å². The van der Waals surface area contributed by atoms with Gasteiger partial charge in [-0.05, 0) is 41.1 Å². The van der Waals surface area contributed by atoms with Gasteiger partial charge >= 0.3 is 0 Å². The minimum atomic E-state index is -0.598. The fourth-order valence-corrected chi connectivity index (χ4v) is 2.05. The highest BCUT2D eigenvalue weighted by atomic mass is 79.9. The van der Waals surface area contributed by atoms with Crippen molar-refractivity contribution in [1.29, 1.82) is 0 Å². The molecule has 1 N–H and O–H groups in total.